The highest BCUT2D eigenvalue weighted by Gasteiger charge is 2.27. The van der Waals surface area contributed by atoms with Crippen LogP contribution in [-0.2, 0) is 6.42 Å². The van der Waals surface area contributed by atoms with Gasteiger partial charge in [-0.05, 0) is 62.6 Å². The van der Waals surface area contributed by atoms with E-state index in [1.54, 1.807) is 11.3 Å². The van der Waals surface area contributed by atoms with Gasteiger partial charge in [0.25, 0.3) is 5.91 Å². The van der Waals surface area contributed by atoms with Gasteiger partial charge in [0.05, 0.1) is 21.6 Å². The SMILES string of the molecule is Cc1nc2c(s1)C(NC(=O)c1cccc(C3CC3)c1)CCC2. The zero-order valence-corrected chi connectivity index (χ0v) is 13.6. The number of amides is 1. The summed E-state index contributed by atoms with van der Waals surface area (Å²) in [6.07, 6.45) is 5.68. The Kier molecular flexibility index (Phi) is 3.49. The van der Waals surface area contributed by atoms with Gasteiger partial charge in [-0.3, -0.25) is 4.79 Å². The minimum absolute atomic E-state index is 0.0476. The molecular weight excluding hydrogens is 292 g/mol. The molecule has 0 radical (unpaired) electrons. The van der Waals surface area contributed by atoms with Crippen molar-refractivity contribution >= 4 is 17.2 Å². The fourth-order valence-corrected chi connectivity index (χ4v) is 4.33. The molecule has 4 rings (SSSR count). The molecule has 3 nitrogen and oxygen atoms in total. The third kappa shape index (κ3) is 2.68. The van der Waals surface area contributed by atoms with Gasteiger partial charge in [0.1, 0.15) is 0 Å². The van der Waals surface area contributed by atoms with Gasteiger partial charge in [0.2, 0.25) is 0 Å². The summed E-state index contributed by atoms with van der Waals surface area (Å²) in [4.78, 5) is 18.5. The van der Waals surface area contributed by atoms with Crippen molar-refractivity contribution in [3.05, 3.63) is 51.0 Å². The Morgan fingerprint density at radius 3 is 3.00 bits per heavy atom. The average Bonchev–Trinajstić information content (AvgIpc) is 3.29. The number of fused-ring (bicyclic) bond motifs is 1. The number of thiazole rings is 1. The zero-order chi connectivity index (χ0) is 15.1. The minimum Gasteiger partial charge on any atom is -0.344 e. The minimum atomic E-state index is 0.0476. The van der Waals surface area contributed by atoms with Crippen molar-refractivity contribution in [1.29, 1.82) is 0 Å². The Bertz CT molecular complexity index is 718. The standard InChI is InChI=1S/C18H20N2OS/c1-11-19-15-6-3-7-16(17(15)22-11)20-18(21)14-5-2-4-13(10-14)12-8-9-12/h2,4-5,10,12,16H,3,6-9H2,1H3,(H,20,21). The highest BCUT2D eigenvalue weighted by atomic mass is 32.1. The normalized spacial score (nSPS) is 20.5. The van der Waals surface area contributed by atoms with Gasteiger partial charge in [0, 0.05) is 5.56 Å². The third-order valence-electron chi connectivity index (χ3n) is 4.56. The van der Waals surface area contributed by atoms with E-state index in [1.807, 2.05) is 19.1 Å². The fraction of sp³-hybridized carbons (Fsp3) is 0.444. The van der Waals surface area contributed by atoms with Gasteiger partial charge in [-0.25, -0.2) is 4.98 Å². The van der Waals surface area contributed by atoms with Crippen molar-refractivity contribution in [3.63, 3.8) is 0 Å². The monoisotopic (exact) mass is 312 g/mol. The number of hydrogen-bond acceptors (Lipinski definition) is 3. The summed E-state index contributed by atoms with van der Waals surface area (Å²) in [5.74, 6) is 0.726. The second kappa shape index (κ2) is 5.51. The summed E-state index contributed by atoms with van der Waals surface area (Å²) in [6, 6.07) is 8.26. The highest BCUT2D eigenvalue weighted by molar-refractivity contribution is 7.11. The molecule has 0 saturated heterocycles. The van der Waals surface area contributed by atoms with Gasteiger partial charge in [-0.2, -0.15) is 0 Å². The molecule has 1 amide bonds. The van der Waals surface area contributed by atoms with Crippen LogP contribution in [0.4, 0.5) is 0 Å². The lowest BCUT2D eigenvalue weighted by Crippen LogP contribution is -2.30. The predicted molar refractivity (Wildman–Crippen MR) is 88.4 cm³/mol. The number of nitrogens with zero attached hydrogens (tertiary/aromatic N) is 1. The van der Waals surface area contributed by atoms with E-state index in [2.05, 4.69) is 22.4 Å². The lowest BCUT2D eigenvalue weighted by atomic mass is 9.97. The average molecular weight is 312 g/mol. The zero-order valence-electron chi connectivity index (χ0n) is 12.8. The first-order valence-corrected chi connectivity index (χ1v) is 8.89. The van der Waals surface area contributed by atoms with Crippen LogP contribution in [-0.4, -0.2) is 10.9 Å². The van der Waals surface area contributed by atoms with Crippen molar-refractivity contribution in [1.82, 2.24) is 10.3 Å². The van der Waals surface area contributed by atoms with Crippen LogP contribution < -0.4 is 5.32 Å². The quantitative estimate of drug-likeness (QED) is 0.925. The first kappa shape index (κ1) is 13.9. The summed E-state index contributed by atoms with van der Waals surface area (Å²) in [5.41, 5.74) is 3.29. The number of benzene rings is 1. The van der Waals surface area contributed by atoms with Crippen LogP contribution in [0.2, 0.25) is 0 Å². The fourth-order valence-electron chi connectivity index (χ4n) is 3.27. The Morgan fingerprint density at radius 2 is 2.18 bits per heavy atom. The van der Waals surface area contributed by atoms with Gasteiger partial charge < -0.3 is 5.32 Å². The smallest absolute Gasteiger partial charge is 0.251 e. The van der Waals surface area contributed by atoms with E-state index in [0.29, 0.717) is 5.92 Å². The van der Waals surface area contributed by atoms with E-state index in [9.17, 15) is 4.79 Å². The van der Waals surface area contributed by atoms with E-state index < -0.39 is 0 Å². The number of nitrogens with one attached hydrogen (secondary N) is 1. The van der Waals surface area contributed by atoms with Crippen LogP contribution in [0, 0.1) is 6.92 Å². The molecule has 114 valence electrons. The van der Waals surface area contributed by atoms with Crippen molar-refractivity contribution < 1.29 is 4.79 Å². The summed E-state index contributed by atoms with van der Waals surface area (Å²) in [7, 11) is 0. The largest absolute Gasteiger partial charge is 0.344 e. The summed E-state index contributed by atoms with van der Waals surface area (Å²) >= 11 is 1.73. The molecule has 1 atom stereocenters. The molecule has 4 heteroatoms. The van der Waals surface area contributed by atoms with Crippen LogP contribution in [0.5, 0.6) is 0 Å². The number of aromatic nitrogens is 1. The van der Waals surface area contributed by atoms with Crippen LogP contribution in [0.15, 0.2) is 24.3 Å². The molecule has 1 fully saturated rings. The Morgan fingerprint density at radius 1 is 1.32 bits per heavy atom. The number of aryl methyl sites for hydroxylation is 2. The second-order valence-electron chi connectivity index (χ2n) is 6.36. The summed E-state index contributed by atoms with van der Waals surface area (Å²) < 4.78 is 0. The molecule has 0 aliphatic heterocycles. The van der Waals surface area contributed by atoms with Gasteiger partial charge >= 0.3 is 0 Å². The molecule has 1 aromatic heterocycles. The molecule has 2 aromatic rings. The predicted octanol–water partition coefficient (Wildman–Crippen LogP) is 4.14. The second-order valence-corrected chi connectivity index (χ2v) is 7.60. The molecule has 1 saturated carbocycles. The van der Waals surface area contributed by atoms with E-state index in [0.717, 1.165) is 29.8 Å². The van der Waals surface area contributed by atoms with E-state index in [1.165, 1.54) is 29.0 Å². The number of carbonyl (C=O) groups is 1. The molecule has 0 spiro atoms. The van der Waals surface area contributed by atoms with E-state index in [4.69, 9.17) is 0 Å². The lowest BCUT2D eigenvalue weighted by molar-refractivity contribution is 0.0933. The molecule has 2 aliphatic carbocycles. The maximum atomic E-state index is 12.6. The molecule has 22 heavy (non-hydrogen) atoms. The topological polar surface area (TPSA) is 42.0 Å². The molecule has 2 aliphatic rings. The van der Waals surface area contributed by atoms with Gasteiger partial charge in [0.15, 0.2) is 0 Å². The molecule has 1 N–H and O–H groups in total. The molecule has 1 aromatic carbocycles. The van der Waals surface area contributed by atoms with Crippen LogP contribution in [0.25, 0.3) is 0 Å². The molecule has 1 heterocycles. The maximum absolute atomic E-state index is 12.6. The Hall–Kier alpha value is -1.68. The van der Waals surface area contributed by atoms with Crippen LogP contribution in [0.3, 0.4) is 0 Å². The van der Waals surface area contributed by atoms with E-state index >= 15 is 0 Å². The Labute approximate surface area is 134 Å². The maximum Gasteiger partial charge on any atom is 0.251 e. The summed E-state index contributed by atoms with van der Waals surface area (Å²) in [6.45, 7) is 2.04. The van der Waals surface area contributed by atoms with Crippen LogP contribution in [0.1, 0.15) is 69.1 Å². The van der Waals surface area contributed by atoms with E-state index in [-0.39, 0.29) is 11.9 Å². The third-order valence-corrected chi connectivity index (χ3v) is 5.69. The lowest BCUT2D eigenvalue weighted by Gasteiger charge is -2.22. The first-order valence-electron chi connectivity index (χ1n) is 8.08. The van der Waals surface area contributed by atoms with Crippen molar-refractivity contribution in [2.24, 2.45) is 0 Å². The summed E-state index contributed by atoms with van der Waals surface area (Å²) in [5, 5.41) is 4.32. The number of carbonyl (C=O) groups excluding carboxylic acids is 1. The number of rotatable bonds is 3. The van der Waals surface area contributed by atoms with Gasteiger partial charge in [-0.1, -0.05) is 12.1 Å². The molecular formula is C18H20N2OS. The van der Waals surface area contributed by atoms with Crippen molar-refractivity contribution in [2.45, 2.75) is 51.0 Å². The Balaban J connectivity index is 1.53. The van der Waals surface area contributed by atoms with Gasteiger partial charge in [-0.15, -0.1) is 11.3 Å². The first-order chi connectivity index (χ1) is 10.7. The number of hydrogen-bond donors (Lipinski definition) is 1. The highest BCUT2D eigenvalue weighted by Crippen LogP contribution is 2.40. The van der Waals surface area contributed by atoms with Crippen molar-refractivity contribution in [3.8, 4) is 0 Å². The van der Waals surface area contributed by atoms with Crippen molar-refractivity contribution in [2.75, 3.05) is 0 Å². The van der Waals surface area contributed by atoms with Crippen LogP contribution >= 0.6 is 11.3 Å². The molecule has 0 bridgehead atoms. The molecule has 1 unspecified atom stereocenters.